The van der Waals surface area contributed by atoms with Crippen molar-refractivity contribution in [1.29, 1.82) is 0 Å². The Morgan fingerprint density at radius 3 is 2.74 bits per heavy atom. The smallest absolute Gasteiger partial charge is 0.358 e. The highest BCUT2D eigenvalue weighted by atomic mass is 16.6. The van der Waals surface area contributed by atoms with Crippen molar-refractivity contribution >= 4 is 17.3 Å². The molecule has 3 rings (SSSR count). The van der Waals surface area contributed by atoms with Crippen LogP contribution in [0.25, 0.3) is 5.65 Å². The molecule has 0 bridgehead atoms. The molecule has 124 valence electrons. The highest BCUT2D eigenvalue weighted by Gasteiger charge is 2.25. The van der Waals surface area contributed by atoms with Gasteiger partial charge in [0.15, 0.2) is 5.82 Å². The van der Waals surface area contributed by atoms with Gasteiger partial charge < -0.3 is 15.0 Å². The fraction of sp³-hybridized carbons (Fsp3) is 0.625. The number of nitro groups is 1. The topological polar surface area (TPSA) is 76.6 Å². The fourth-order valence-corrected chi connectivity index (χ4v) is 3.58. The van der Waals surface area contributed by atoms with Crippen LogP contribution in [0.3, 0.4) is 0 Å². The third kappa shape index (κ3) is 3.13. The second-order valence-corrected chi connectivity index (χ2v) is 6.41. The molecular formula is C16H23N5O2. The van der Waals surface area contributed by atoms with Crippen molar-refractivity contribution < 1.29 is 4.92 Å². The van der Waals surface area contributed by atoms with E-state index in [1.54, 1.807) is 6.07 Å². The van der Waals surface area contributed by atoms with Gasteiger partial charge in [0.1, 0.15) is 6.20 Å². The van der Waals surface area contributed by atoms with Gasteiger partial charge in [-0.05, 0) is 42.6 Å². The lowest BCUT2D eigenvalue weighted by Gasteiger charge is -2.34. The second-order valence-electron chi connectivity index (χ2n) is 6.41. The number of hydrogen-bond acceptors (Lipinski definition) is 5. The van der Waals surface area contributed by atoms with Crippen molar-refractivity contribution in [3.05, 3.63) is 28.4 Å². The second kappa shape index (κ2) is 6.52. The molecule has 0 aliphatic heterocycles. The van der Waals surface area contributed by atoms with Crippen LogP contribution >= 0.6 is 0 Å². The lowest BCUT2D eigenvalue weighted by atomic mass is 9.83. The molecular weight excluding hydrogens is 294 g/mol. The van der Waals surface area contributed by atoms with Crippen molar-refractivity contribution in [2.45, 2.75) is 51.5 Å². The van der Waals surface area contributed by atoms with E-state index in [1.807, 2.05) is 13.1 Å². The minimum absolute atomic E-state index is 0.0955. The summed E-state index contributed by atoms with van der Waals surface area (Å²) in [6.07, 6.45) is 8.67. The first-order chi connectivity index (χ1) is 11.1. The van der Waals surface area contributed by atoms with E-state index in [4.69, 9.17) is 0 Å². The average molecular weight is 317 g/mol. The van der Waals surface area contributed by atoms with Crippen LogP contribution in [-0.2, 0) is 0 Å². The fourth-order valence-electron chi connectivity index (χ4n) is 3.58. The molecule has 0 aromatic carbocycles. The van der Waals surface area contributed by atoms with E-state index in [2.05, 4.69) is 21.9 Å². The number of hydrogen-bond donors (Lipinski definition) is 0. The number of anilines is 1. The highest BCUT2D eigenvalue weighted by Crippen LogP contribution is 2.31. The van der Waals surface area contributed by atoms with Crippen LogP contribution in [0.4, 0.5) is 11.6 Å². The molecule has 23 heavy (non-hydrogen) atoms. The SMILES string of the molecule is CCCC1CCC(N(C)c2ccc3ncc([N+](=O)[O-])n3n2)CC1. The van der Waals surface area contributed by atoms with Crippen molar-refractivity contribution in [1.82, 2.24) is 14.6 Å². The monoisotopic (exact) mass is 317 g/mol. The maximum absolute atomic E-state index is 11.0. The van der Waals surface area contributed by atoms with Crippen molar-refractivity contribution in [3.63, 3.8) is 0 Å². The van der Waals surface area contributed by atoms with Gasteiger partial charge in [-0.1, -0.05) is 29.4 Å². The normalized spacial score (nSPS) is 21.5. The zero-order valence-corrected chi connectivity index (χ0v) is 13.7. The summed E-state index contributed by atoms with van der Waals surface area (Å²) < 4.78 is 1.31. The first-order valence-electron chi connectivity index (χ1n) is 8.32. The van der Waals surface area contributed by atoms with E-state index in [0.717, 1.165) is 24.6 Å². The van der Waals surface area contributed by atoms with Crippen LogP contribution in [0, 0.1) is 16.0 Å². The van der Waals surface area contributed by atoms with Gasteiger partial charge in [0.25, 0.3) is 0 Å². The molecule has 0 spiro atoms. The highest BCUT2D eigenvalue weighted by molar-refractivity contribution is 5.49. The predicted molar refractivity (Wildman–Crippen MR) is 88.7 cm³/mol. The van der Waals surface area contributed by atoms with Gasteiger partial charge in [-0.25, -0.2) is 4.98 Å². The van der Waals surface area contributed by atoms with Crippen LogP contribution in [0.15, 0.2) is 18.3 Å². The molecule has 7 nitrogen and oxygen atoms in total. The predicted octanol–water partition coefficient (Wildman–Crippen LogP) is 3.43. The van der Waals surface area contributed by atoms with Crippen molar-refractivity contribution in [3.8, 4) is 0 Å². The van der Waals surface area contributed by atoms with Gasteiger partial charge in [-0.2, -0.15) is 0 Å². The Hall–Kier alpha value is -2.18. The van der Waals surface area contributed by atoms with Crippen molar-refractivity contribution in [2.24, 2.45) is 5.92 Å². The lowest BCUT2D eigenvalue weighted by molar-refractivity contribution is -0.391. The van der Waals surface area contributed by atoms with Gasteiger partial charge in [0.05, 0.1) is 0 Å². The molecule has 0 N–H and O–H groups in total. The molecule has 2 aromatic heterocycles. The number of nitrogens with zero attached hydrogens (tertiary/aromatic N) is 5. The number of aromatic nitrogens is 3. The molecule has 2 aromatic rings. The molecule has 0 radical (unpaired) electrons. The summed E-state index contributed by atoms with van der Waals surface area (Å²) in [5.74, 6) is 1.52. The van der Waals surface area contributed by atoms with Gasteiger partial charge in [0, 0.05) is 19.2 Å². The molecule has 1 aliphatic rings. The van der Waals surface area contributed by atoms with E-state index in [0.29, 0.717) is 11.7 Å². The summed E-state index contributed by atoms with van der Waals surface area (Å²) in [4.78, 5) is 16.8. The average Bonchev–Trinajstić information content (AvgIpc) is 2.98. The summed E-state index contributed by atoms with van der Waals surface area (Å²) in [6, 6.07) is 4.13. The Morgan fingerprint density at radius 1 is 1.35 bits per heavy atom. The van der Waals surface area contributed by atoms with Crippen LogP contribution in [0.5, 0.6) is 0 Å². The maximum Gasteiger partial charge on any atom is 0.368 e. The zero-order valence-electron chi connectivity index (χ0n) is 13.7. The third-order valence-electron chi connectivity index (χ3n) is 4.94. The van der Waals surface area contributed by atoms with Crippen LogP contribution in [0.2, 0.25) is 0 Å². The summed E-state index contributed by atoms with van der Waals surface area (Å²) >= 11 is 0. The standard InChI is InChI=1S/C16H23N5O2/c1-3-4-12-5-7-13(8-6-12)19(2)15-10-9-14-17-11-16(21(22)23)20(14)18-15/h9-13H,3-8H2,1-2H3. The molecule has 1 aliphatic carbocycles. The first-order valence-corrected chi connectivity index (χ1v) is 8.32. The van der Waals surface area contributed by atoms with E-state index in [-0.39, 0.29) is 5.82 Å². The first kappa shape index (κ1) is 15.7. The Balaban J connectivity index is 1.77. The van der Waals surface area contributed by atoms with Crippen molar-refractivity contribution in [2.75, 3.05) is 11.9 Å². The van der Waals surface area contributed by atoms with E-state index in [9.17, 15) is 10.1 Å². The van der Waals surface area contributed by atoms with Crippen LogP contribution < -0.4 is 4.90 Å². The minimum Gasteiger partial charge on any atom is -0.358 e. The van der Waals surface area contributed by atoms with Gasteiger partial charge in [-0.3, -0.25) is 0 Å². The van der Waals surface area contributed by atoms with E-state index < -0.39 is 4.92 Å². The Kier molecular flexibility index (Phi) is 4.45. The number of imidazole rings is 1. The summed E-state index contributed by atoms with van der Waals surface area (Å²) in [5, 5.41) is 15.5. The van der Waals surface area contributed by atoms with E-state index >= 15 is 0 Å². The molecule has 1 fully saturated rings. The van der Waals surface area contributed by atoms with Gasteiger partial charge >= 0.3 is 5.82 Å². The summed E-state index contributed by atoms with van der Waals surface area (Å²) in [6.45, 7) is 2.25. The lowest BCUT2D eigenvalue weighted by Crippen LogP contribution is -2.36. The quantitative estimate of drug-likeness (QED) is 0.623. The van der Waals surface area contributed by atoms with E-state index in [1.165, 1.54) is 36.4 Å². The van der Waals surface area contributed by atoms with Gasteiger partial charge in [0.2, 0.25) is 5.65 Å². The Morgan fingerprint density at radius 2 is 2.09 bits per heavy atom. The Labute approximate surface area is 135 Å². The van der Waals surface area contributed by atoms with Gasteiger partial charge in [-0.15, -0.1) is 0 Å². The third-order valence-corrected chi connectivity index (χ3v) is 4.94. The maximum atomic E-state index is 11.0. The molecule has 2 heterocycles. The van der Waals surface area contributed by atoms with Crippen LogP contribution in [0.1, 0.15) is 45.4 Å². The number of rotatable bonds is 5. The molecule has 0 amide bonds. The Bertz CT molecular complexity index is 691. The molecule has 0 saturated heterocycles. The molecule has 0 atom stereocenters. The molecule has 7 heteroatoms. The largest absolute Gasteiger partial charge is 0.368 e. The zero-order chi connectivity index (χ0) is 16.4. The van der Waals surface area contributed by atoms with Crippen LogP contribution in [-0.4, -0.2) is 32.6 Å². The number of fused-ring (bicyclic) bond motifs is 1. The summed E-state index contributed by atoms with van der Waals surface area (Å²) in [7, 11) is 2.03. The minimum atomic E-state index is -0.452. The molecule has 1 saturated carbocycles. The summed E-state index contributed by atoms with van der Waals surface area (Å²) in [5.41, 5.74) is 0.500. The molecule has 0 unspecified atom stereocenters.